The van der Waals surface area contributed by atoms with Crippen molar-refractivity contribution in [2.45, 2.75) is 13.5 Å². The van der Waals surface area contributed by atoms with Gasteiger partial charge in [0.2, 0.25) is 0 Å². The molecule has 0 radical (unpaired) electrons. The Labute approximate surface area is 178 Å². The van der Waals surface area contributed by atoms with Crippen molar-refractivity contribution in [2.24, 2.45) is 4.99 Å². The lowest BCUT2D eigenvalue weighted by Crippen LogP contribution is -2.23. The summed E-state index contributed by atoms with van der Waals surface area (Å²) < 4.78 is 6.99. The number of nitrogens with zero attached hydrogens (tertiary/aromatic N) is 3. The molecule has 0 unspecified atom stereocenters. The Bertz CT molecular complexity index is 1200. The fraction of sp³-hybridized carbons (Fsp3) is 0.167. The molecule has 1 heterocycles. The van der Waals surface area contributed by atoms with Crippen molar-refractivity contribution in [3.63, 3.8) is 0 Å². The van der Waals surface area contributed by atoms with Gasteiger partial charge in [-0.15, -0.1) is 0 Å². The van der Waals surface area contributed by atoms with Crippen LogP contribution in [-0.4, -0.2) is 28.0 Å². The highest BCUT2D eigenvalue weighted by Gasteiger charge is 2.17. The van der Waals surface area contributed by atoms with Gasteiger partial charge in [0.1, 0.15) is 6.54 Å². The summed E-state index contributed by atoms with van der Waals surface area (Å²) in [5, 5.41) is 11.6. The minimum Gasteiger partial charge on any atom is -0.465 e. The van der Waals surface area contributed by atoms with E-state index in [1.807, 2.05) is 0 Å². The van der Waals surface area contributed by atoms with Gasteiger partial charge in [-0.25, -0.2) is 0 Å². The van der Waals surface area contributed by atoms with E-state index in [1.165, 1.54) is 34.9 Å². The topological polar surface area (TPSA) is 104 Å². The maximum Gasteiger partial charge on any atom is 0.326 e. The Morgan fingerprint density at radius 1 is 1.24 bits per heavy atom. The molecule has 8 nitrogen and oxygen atoms in total. The number of benzene rings is 2. The average molecular weight is 454 g/mol. The molecule has 0 aliphatic carbocycles. The molecule has 0 spiro atoms. The zero-order valence-electron chi connectivity index (χ0n) is 14.9. The molecule has 0 bridgehead atoms. The van der Waals surface area contributed by atoms with Crippen LogP contribution >= 0.6 is 34.5 Å². The lowest BCUT2D eigenvalue weighted by Gasteiger charge is -2.05. The maximum atomic E-state index is 12.7. The van der Waals surface area contributed by atoms with Gasteiger partial charge in [-0.05, 0) is 31.2 Å². The van der Waals surface area contributed by atoms with Crippen molar-refractivity contribution >= 4 is 62.3 Å². The SMILES string of the molecule is CCOC(=O)Cn1c(=NC(=O)c2cc(Cl)ccc2Cl)sc2ccc([N+](=O)[O-])cc21. The number of non-ortho nitro benzene ring substituents is 1. The number of carbonyl (C=O) groups is 2. The van der Waals surface area contributed by atoms with Crippen LogP contribution in [0.25, 0.3) is 10.2 Å². The number of esters is 1. The van der Waals surface area contributed by atoms with Crippen LogP contribution in [-0.2, 0) is 16.1 Å². The first-order valence-corrected chi connectivity index (χ1v) is 9.85. The molecule has 3 rings (SSSR count). The summed E-state index contributed by atoms with van der Waals surface area (Å²) in [6.07, 6.45) is 0. The molecule has 11 heteroatoms. The zero-order valence-corrected chi connectivity index (χ0v) is 17.3. The van der Waals surface area contributed by atoms with Gasteiger partial charge in [0, 0.05) is 17.2 Å². The molecule has 29 heavy (non-hydrogen) atoms. The molecule has 1 aromatic heterocycles. The van der Waals surface area contributed by atoms with Crippen LogP contribution in [0.15, 0.2) is 41.4 Å². The standard InChI is InChI=1S/C18H13Cl2N3O5S/c1-2-28-16(24)9-22-14-8-11(23(26)27)4-6-15(14)29-18(22)21-17(25)12-7-10(19)3-5-13(12)20/h3-8H,2,9H2,1H3. The molecule has 0 aliphatic rings. The average Bonchev–Trinajstić information content (AvgIpc) is 3.00. The molecule has 1 amide bonds. The number of thiazole rings is 1. The van der Waals surface area contributed by atoms with E-state index in [-0.39, 0.29) is 34.2 Å². The third kappa shape index (κ3) is 4.64. The van der Waals surface area contributed by atoms with Crippen molar-refractivity contribution in [3.05, 3.63) is 66.9 Å². The normalized spacial score (nSPS) is 11.6. The Hall–Kier alpha value is -2.75. The van der Waals surface area contributed by atoms with Gasteiger partial charge in [0.15, 0.2) is 4.80 Å². The highest BCUT2D eigenvalue weighted by molar-refractivity contribution is 7.16. The number of hydrogen-bond donors (Lipinski definition) is 0. The van der Waals surface area contributed by atoms with Gasteiger partial charge in [0.05, 0.1) is 32.3 Å². The number of ether oxygens (including phenoxy) is 1. The summed E-state index contributed by atoms with van der Waals surface area (Å²) >= 11 is 13.1. The quantitative estimate of drug-likeness (QED) is 0.326. The number of aromatic nitrogens is 1. The fourth-order valence-corrected chi connectivity index (χ4v) is 3.93. The summed E-state index contributed by atoms with van der Waals surface area (Å²) in [6, 6.07) is 8.61. The highest BCUT2D eigenvalue weighted by atomic mass is 35.5. The largest absolute Gasteiger partial charge is 0.465 e. The second kappa shape index (κ2) is 8.73. The van der Waals surface area contributed by atoms with E-state index in [2.05, 4.69) is 4.99 Å². The summed E-state index contributed by atoms with van der Waals surface area (Å²) in [4.78, 5) is 39.5. The van der Waals surface area contributed by atoms with Crippen LogP contribution in [0.2, 0.25) is 10.0 Å². The van der Waals surface area contributed by atoms with E-state index in [0.717, 1.165) is 11.3 Å². The summed E-state index contributed by atoms with van der Waals surface area (Å²) in [5.74, 6) is -1.22. The van der Waals surface area contributed by atoms with Crippen LogP contribution in [0, 0.1) is 10.1 Å². The highest BCUT2D eigenvalue weighted by Crippen LogP contribution is 2.24. The number of nitro benzene ring substituents is 1. The third-order valence-electron chi connectivity index (χ3n) is 3.82. The number of rotatable bonds is 5. The number of amides is 1. The minimum absolute atomic E-state index is 0.102. The van der Waals surface area contributed by atoms with Crippen molar-refractivity contribution in [1.29, 1.82) is 0 Å². The predicted octanol–water partition coefficient (Wildman–Crippen LogP) is 4.22. The second-order valence-electron chi connectivity index (χ2n) is 5.73. The van der Waals surface area contributed by atoms with Gasteiger partial charge in [-0.1, -0.05) is 34.5 Å². The molecule has 2 aromatic carbocycles. The smallest absolute Gasteiger partial charge is 0.326 e. The van der Waals surface area contributed by atoms with E-state index in [1.54, 1.807) is 13.0 Å². The van der Waals surface area contributed by atoms with E-state index in [9.17, 15) is 19.7 Å². The Morgan fingerprint density at radius 3 is 2.69 bits per heavy atom. The first kappa shape index (κ1) is 21.0. The number of carbonyl (C=O) groups excluding carboxylic acids is 2. The maximum absolute atomic E-state index is 12.7. The monoisotopic (exact) mass is 453 g/mol. The van der Waals surface area contributed by atoms with Gasteiger partial charge in [-0.2, -0.15) is 4.99 Å². The minimum atomic E-state index is -0.656. The fourth-order valence-electron chi connectivity index (χ4n) is 2.55. The number of nitro groups is 1. The molecule has 0 aliphatic heterocycles. The first-order valence-electron chi connectivity index (χ1n) is 8.27. The van der Waals surface area contributed by atoms with E-state index >= 15 is 0 Å². The summed E-state index contributed by atoms with van der Waals surface area (Å²) in [5.41, 5.74) is 0.343. The Balaban J connectivity index is 2.18. The van der Waals surface area contributed by atoms with Gasteiger partial charge in [0.25, 0.3) is 11.6 Å². The summed E-state index contributed by atoms with van der Waals surface area (Å²) in [7, 11) is 0. The molecule has 0 saturated heterocycles. The Kier molecular flexibility index (Phi) is 6.31. The second-order valence-corrected chi connectivity index (χ2v) is 7.58. The number of hydrogen-bond acceptors (Lipinski definition) is 6. The van der Waals surface area contributed by atoms with Gasteiger partial charge >= 0.3 is 5.97 Å². The van der Waals surface area contributed by atoms with E-state index in [0.29, 0.717) is 15.2 Å². The van der Waals surface area contributed by atoms with Crippen LogP contribution in [0.1, 0.15) is 17.3 Å². The molecule has 3 aromatic rings. The number of halogens is 2. The predicted molar refractivity (Wildman–Crippen MR) is 109 cm³/mol. The van der Waals surface area contributed by atoms with Crippen molar-refractivity contribution in [2.75, 3.05) is 6.61 Å². The molecule has 0 fully saturated rings. The summed E-state index contributed by atoms with van der Waals surface area (Å²) in [6.45, 7) is 1.57. The van der Waals surface area contributed by atoms with Crippen LogP contribution < -0.4 is 4.80 Å². The molecular formula is C18H13Cl2N3O5S. The lowest BCUT2D eigenvalue weighted by molar-refractivity contribution is -0.384. The van der Waals surface area contributed by atoms with Crippen molar-refractivity contribution < 1.29 is 19.2 Å². The molecule has 0 atom stereocenters. The van der Waals surface area contributed by atoms with E-state index in [4.69, 9.17) is 27.9 Å². The van der Waals surface area contributed by atoms with Crippen molar-refractivity contribution in [1.82, 2.24) is 4.57 Å². The third-order valence-corrected chi connectivity index (χ3v) is 5.45. The van der Waals surface area contributed by atoms with E-state index < -0.39 is 16.8 Å². The number of fused-ring (bicyclic) bond motifs is 1. The van der Waals surface area contributed by atoms with Crippen LogP contribution in [0.3, 0.4) is 0 Å². The van der Waals surface area contributed by atoms with Crippen LogP contribution in [0.5, 0.6) is 0 Å². The van der Waals surface area contributed by atoms with Gasteiger partial charge in [-0.3, -0.25) is 19.7 Å². The molecule has 150 valence electrons. The van der Waals surface area contributed by atoms with Crippen molar-refractivity contribution in [3.8, 4) is 0 Å². The lowest BCUT2D eigenvalue weighted by atomic mass is 10.2. The zero-order chi connectivity index (χ0) is 21.1. The van der Waals surface area contributed by atoms with Crippen LogP contribution in [0.4, 0.5) is 5.69 Å². The first-order chi connectivity index (χ1) is 13.8. The molecule has 0 saturated carbocycles. The molecular weight excluding hydrogens is 441 g/mol. The Morgan fingerprint density at radius 2 is 2.00 bits per heavy atom. The van der Waals surface area contributed by atoms with Gasteiger partial charge < -0.3 is 9.30 Å². The molecule has 0 N–H and O–H groups in total.